The summed E-state index contributed by atoms with van der Waals surface area (Å²) in [7, 11) is 0. The van der Waals surface area contributed by atoms with Crippen molar-refractivity contribution in [2.75, 3.05) is 32.8 Å². The summed E-state index contributed by atoms with van der Waals surface area (Å²) >= 11 is 0. The second-order valence-electron chi connectivity index (χ2n) is 3.37. The molecule has 0 bridgehead atoms. The summed E-state index contributed by atoms with van der Waals surface area (Å²) in [6, 6.07) is 0. The third kappa shape index (κ3) is 2.84. The van der Waals surface area contributed by atoms with Gasteiger partial charge in [-0.15, -0.1) is 0 Å². The fraction of sp³-hybridized carbons (Fsp3) is 0.667. The first kappa shape index (κ1) is 10.3. The van der Waals surface area contributed by atoms with E-state index in [0.717, 1.165) is 32.8 Å². The van der Waals surface area contributed by atoms with E-state index in [1.165, 1.54) is 0 Å². The average molecular weight is 211 g/mol. The van der Waals surface area contributed by atoms with Gasteiger partial charge in [-0.2, -0.15) is 4.98 Å². The third-order valence-corrected chi connectivity index (χ3v) is 2.33. The van der Waals surface area contributed by atoms with Crippen molar-refractivity contribution in [1.82, 2.24) is 15.0 Å². The van der Waals surface area contributed by atoms with Crippen molar-refractivity contribution in [2.24, 2.45) is 0 Å². The molecule has 15 heavy (non-hydrogen) atoms. The fourth-order valence-electron chi connectivity index (χ4n) is 1.50. The van der Waals surface area contributed by atoms with Crippen LogP contribution in [0.15, 0.2) is 4.52 Å². The highest BCUT2D eigenvalue weighted by Gasteiger charge is 2.12. The maximum atomic E-state index is 10.3. The van der Waals surface area contributed by atoms with E-state index >= 15 is 0 Å². The van der Waals surface area contributed by atoms with Gasteiger partial charge in [0.2, 0.25) is 11.7 Å². The van der Waals surface area contributed by atoms with Gasteiger partial charge in [0.15, 0.2) is 6.29 Å². The molecule has 0 aromatic carbocycles. The molecule has 0 atom stereocenters. The Hall–Kier alpha value is -1.27. The number of morpholine rings is 1. The SMILES string of the molecule is O=Cc1noc(CCN2CCOCC2)n1. The summed E-state index contributed by atoms with van der Waals surface area (Å²) in [6.07, 6.45) is 1.27. The van der Waals surface area contributed by atoms with E-state index in [0.29, 0.717) is 18.6 Å². The maximum Gasteiger partial charge on any atom is 0.235 e. The molecule has 0 amide bonds. The summed E-state index contributed by atoms with van der Waals surface area (Å²) in [6.45, 7) is 4.31. The molecule has 2 heterocycles. The average Bonchev–Trinajstić information content (AvgIpc) is 2.76. The van der Waals surface area contributed by atoms with E-state index in [4.69, 9.17) is 9.26 Å². The number of hydrogen-bond acceptors (Lipinski definition) is 6. The van der Waals surface area contributed by atoms with Gasteiger partial charge >= 0.3 is 0 Å². The number of rotatable bonds is 4. The number of aromatic nitrogens is 2. The molecule has 1 aliphatic heterocycles. The van der Waals surface area contributed by atoms with Gasteiger partial charge in [0.1, 0.15) is 0 Å². The third-order valence-electron chi connectivity index (χ3n) is 2.33. The molecule has 0 saturated carbocycles. The van der Waals surface area contributed by atoms with Crippen LogP contribution in [-0.2, 0) is 11.2 Å². The lowest BCUT2D eigenvalue weighted by molar-refractivity contribution is 0.0375. The Bertz CT molecular complexity index is 320. The van der Waals surface area contributed by atoms with Crippen molar-refractivity contribution in [3.63, 3.8) is 0 Å². The van der Waals surface area contributed by atoms with Gasteiger partial charge in [0, 0.05) is 26.1 Å². The molecule has 0 aliphatic carbocycles. The normalized spacial score (nSPS) is 17.9. The molecule has 0 radical (unpaired) electrons. The Balaban J connectivity index is 1.79. The van der Waals surface area contributed by atoms with E-state index in [9.17, 15) is 4.79 Å². The molecule has 1 saturated heterocycles. The van der Waals surface area contributed by atoms with Crippen LogP contribution >= 0.6 is 0 Å². The lowest BCUT2D eigenvalue weighted by Crippen LogP contribution is -2.37. The molecule has 2 rings (SSSR count). The van der Waals surface area contributed by atoms with Crippen molar-refractivity contribution in [1.29, 1.82) is 0 Å². The summed E-state index contributed by atoms with van der Waals surface area (Å²) in [5.74, 6) is 0.635. The molecular weight excluding hydrogens is 198 g/mol. The second kappa shape index (κ2) is 4.99. The van der Waals surface area contributed by atoms with E-state index in [2.05, 4.69) is 15.0 Å². The van der Waals surface area contributed by atoms with Gasteiger partial charge in [0.25, 0.3) is 0 Å². The van der Waals surface area contributed by atoms with Crippen LogP contribution in [0.5, 0.6) is 0 Å². The Labute approximate surface area is 87.2 Å². The van der Waals surface area contributed by atoms with Gasteiger partial charge < -0.3 is 9.26 Å². The summed E-state index contributed by atoms with van der Waals surface area (Å²) < 4.78 is 10.1. The van der Waals surface area contributed by atoms with Crippen LogP contribution in [0.1, 0.15) is 16.5 Å². The summed E-state index contributed by atoms with van der Waals surface area (Å²) in [5, 5.41) is 3.50. The smallest absolute Gasteiger partial charge is 0.235 e. The topological polar surface area (TPSA) is 68.5 Å². The molecule has 1 aromatic heterocycles. The highest BCUT2D eigenvalue weighted by Crippen LogP contribution is 2.01. The van der Waals surface area contributed by atoms with Crippen LogP contribution in [0.3, 0.4) is 0 Å². The molecule has 1 aliphatic rings. The van der Waals surface area contributed by atoms with E-state index in [1.54, 1.807) is 0 Å². The first-order valence-corrected chi connectivity index (χ1v) is 4.96. The minimum atomic E-state index is 0.118. The number of ether oxygens (including phenoxy) is 1. The predicted octanol–water partition coefficient (Wildman–Crippen LogP) is -0.243. The largest absolute Gasteiger partial charge is 0.379 e. The minimum Gasteiger partial charge on any atom is -0.379 e. The Kier molecular flexibility index (Phi) is 3.41. The number of nitrogens with zero attached hydrogens (tertiary/aromatic N) is 3. The van der Waals surface area contributed by atoms with Gasteiger partial charge in [-0.05, 0) is 0 Å². The highest BCUT2D eigenvalue weighted by molar-refractivity contribution is 5.68. The maximum absolute atomic E-state index is 10.3. The number of aldehydes is 1. The van der Waals surface area contributed by atoms with Crippen LogP contribution in [0.4, 0.5) is 0 Å². The Morgan fingerprint density at radius 3 is 2.87 bits per heavy atom. The van der Waals surface area contributed by atoms with Crippen molar-refractivity contribution in [3.05, 3.63) is 11.7 Å². The monoisotopic (exact) mass is 211 g/mol. The zero-order valence-corrected chi connectivity index (χ0v) is 8.39. The van der Waals surface area contributed by atoms with Crippen molar-refractivity contribution < 1.29 is 14.1 Å². The Morgan fingerprint density at radius 1 is 1.40 bits per heavy atom. The van der Waals surface area contributed by atoms with Crippen LogP contribution in [0.25, 0.3) is 0 Å². The van der Waals surface area contributed by atoms with Crippen molar-refractivity contribution in [3.8, 4) is 0 Å². The zero-order chi connectivity index (χ0) is 10.5. The van der Waals surface area contributed by atoms with E-state index in [1.807, 2.05) is 0 Å². The van der Waals surface area contributed by atoms with Crippen molar-refractivity contribution >= 4 is 6.29 Å². The quantitative estimate of drug-likeness (QED) is 0.640. The van der Waals surface area contributed by atoms with Crippen molar-refractivity contribution in [2.45, 2.75) is 6.42 Å². The van der Waals surface area contributed by atoms with Crippen LogP contribution < -0.4 is 0 Å². The zero-order valence-electron chi connectivity index (χ0n) is 8.39. The van der Waals surface area contributed by atoms with Gasteiger partial charge in [-0.25, -0.2) is 0 Å². The van der Waals surface area contributed by atoms with E-state index < -0.39 is 0 Å². The first-order chi connectivity index (χ1) is 7.38. The molecule has 1 aromatic rings. The molecular formula is C9H13N3O3. The fourth-order valence-corrected chi connectivity index (χ4v) is 1.50. The lowest BCUT2D eigenvalue weighted by Gasteiger charge is -2.25. The first-order valence-electron chi connectivity index (χ1n) is 4.96. The molecule has 1 fully saturated rings. The second-order valence-corrected chi connectivity index (χ2v) is 3.37. The van der Waals surface area contributed by atoms with Gasteiger partial charge in [0.05, 0.1) is 13.2 Å². The number of hydrogen-bond donors (Lipinski definition) is 0. The van der Waals surface area contributed by atoms with Crippen LogP contribution in [-0.4, -0.2) is 54.2 Å². The summed E-state index contributed by atoms with van der Waals surface area (Å²) in [4.78, 5) is 16.5. The molecule has 0 spiro atoms. The van der Waals surface area contributed by atoms with Gasteiger partial charge in [-0.3, -0.25) is 9.69 Å². The van der Waals surface area contributed by atoms with E-state index in [-0.39, 0.29) is 5.82 Å². The summed E-state index contributed by atoms with van der Waals surface area (Å²) in [5.41, 5.74) is 0. The molecule has 82 valence electrons. The molecule has 6 heteroatoms. The number of carbonyl (C=O) groups excluding carboxylic acids is 1. The molecule has 0 N–H and O–H groups in total. The number of carbonyl (C=O) groups is 1. The molecule has 0 unspecified atom stereocenters. The predicted molar refractivity (Wildman–Crippen MR) is 50.6 cm³/mol. The van der Waals surface area contributed by atoms with Crippen LogP contribution in [0.2, 0.25) is 0 Å². The van der Waals surface area contributed by atoms with Crippen LogP contribution in [0, 0.1) is 0 Å². The Morgan fingerprint density at radius 2 is 2.20 bits per heavy atom. The highest BCUT2D eigenvalue weighted by atomic mass is 16.5. The standard InChI is InChI=1S/C9H13N3O3/c13-7-8-10-9(15-11-8)1-2-12-3-5-14-6-4-12/h7H,1-6H2. The lowest BCUT2D eigenvalue weighted by atomic mass is 10.3. The minimum absolute atomic E-state index is 0.118. The van der Waals surface area contributed by atoms with Gasteiger partial charge in [-0.1, -0.05) is 5.16 Å². The molecule has 6 nitrogen and oxygen atoms in total.